The summed E-state index contributed by atoms with van der Waals surface area (Å²) < 4.78 is 5.05. The van der Waals surface area contributed by atoms with Crippen LogP contribution in [-0.4, -0.2) is 24.1 Å². The average molecular weight is 491 g/mol. The Labute approximate surface area is 189 Å². The molecule has 10 heteroatoms. The molecular formula is C19H11Cl4NO4S. The van der Waals surface area contributed by atoms with E-state index >= 15 is 0 Å². The first-order valence-corrected chi connectivity index (χ1v) is 10.3. The van der Waals surface area contributed by atoms with Gasteiger partial charge in [-0.1, -0.05) is 58.5 Å². The van der Waals surface area contributed by atoms with Gasteiger partial charge in [0.05, 0.1) is 33.3 Å². The molecule has 0 atom stereocenters. The molecule has 0 aliphatic heterocycles. The number of nitrogens with one attached hydrogen (secondary N) is 1. The highest BCUT2D eigenvalue weighted by atomic mass is 35.5. The van der Waals surface area contributed by atoms with Crippen LogP contribution in [0.2, 0.25) is 20.1 Å². The van der Waals surface area contributed by atoms with Gasteiger partial charge >= 0.3 is 5.97 Å². The van der Waals surface area contributed by atoms with E-state index in [1.807, 2.05) is 0 Å². The van der Waals surface area contributed by atoms with Gasteiger partial charge in [0.1, 0.15) is 16.3 Å². The largest absolute Gasteiger partial charge is 0.495 e. The second-order valence-corrected chi connectivity index (χ2v) is 8.16. The molecule has 150 valence electrons. The topological polar surface area (TPSA) is 75.6 Å². The molecule has 0 radical (unpaired) electrons. The van der Waals surface area contributed by atoms with E-state index in [-0.39, 0.29) is 37.6 Å². The highest BCUT2D eigenvalue weighted by Crippen LogP contribution is 2.41. The smallest absolute Gasteiger partial charge is 0.339 e. The second kappa shape index (κ2) is 8.81. The lowest BCUT2D eigenvalue weighted by Gasteiger charge is -2.12. The molecule has 0 bridgehead atoms. The first kappa shape index (κ1) is 21.7. The van der Waals surface area contributed by atoms with Crippen molar-refractivity contribution in [2.45, 2.75) is 0 Å². The Morgan fingerprint density at radius 3 is 2.28 bits per heavy atom. The first-order valence-electron chi connectivity index (χ1n) is 7.88. The lowest BCUT2D eigenvalue weighted by Crippen LogP contribution is -2.15. The van der Waals surface area contributed by atoms with Gasteiger partial charge < -0.3 is 15.2 Å². The van der Waals surface area contributed by atoms with E-state index in [9.17, 15) is 14.7 Å². The Hall–Kier alpha value is -1.96. The standard InChI is InChI=1S/C19H11Cl4NO4S/c1-28-12-6-10(21)13(16(23)15(12)22)18(25)24-11-7-29-17(14(11)19(26)27)8-2-4-9(20)5-3-8/h2-7H,1H3,(H,24,25)(H,26,27). The number of carboxylic acids is 1. The highest BCUT2D eigenvalue weighted by molar-refractivity contribution is 7.14. The number of halogens is 4. The minimum atomic E-state index is -1.20. The van der Waals surface area contributed by atoms with Gasteiger partial charge in [-0.05, 0) is 17.7 Å². The summed E-state index contributed by atoms with van der Waals surface area (Å²) in [4.78, 5) is 25.1. The summed E-state index contributed by atoms with van der Waals surface area (Å²) in [6, 6.07) is 8.06. The highest BCUT2D eigenvalue weighted by Gasteiger charge is 2.25. The van der Waals surface area contributed by atoms with E-state index in [1.165, 1.54) is 29.9 Å². The maximum atomic E-state index is 12.8. The molecule has 5 nitrogen and oxygen atoms in total. The molecule has 3 aromatic rings. The van der Waals surface area contributed by atoms with Crippen molar-refractivity contribution in [3.63, 3.8) is 0 Å². The summed E-state index contributed by atoms with van der Waals surface area (Å²) in [6.07, 6.45) is 0. The number of carbonyl (C=O) groups excluding carboxylic acids is 1. The number of thiophene rings is 1. The number of aromatic carboxylic acids is 1. The fraction of sp³-hybridized carbons (Fsp3) is 0.0526. The minimum Gasteiger partial charge on any atom is -0.495 e. The maximum Gasteiger partial charge on any atom is 0.339 e. The average Bonchev–Trinajstić information content (AvgIpc) is 3.09. The fourth-order valence-electron chi connectivity index (χ4n) is 2.59. The lowest BCUT2D eigenvalue weighted by atomic mass is 10.1. The predicted molar refractivity (Wildman–Crippen MR) is 118 cm³/mol. The SMILES string of the molecule is COc1cc(Cl)c(C(=O)Nc2csc(-c3ccc(Cl)cc3)c2C(=O)O)c(Cl)c1Cl. The van der Waals surface area contributed by atoms with Crippen LogP contribution >= 0.6 is 57.7 Å². The maximum absolute atomic E-state index is 12.8. The molecule has 0 aliphatic rings. The number of amides is 1. The van der Waals surface area contributed by atoms with Crippen LogP contribution in [-0.2, 0) is 0 Å². The molecule has 0 spiro atoms. The van der Waals surface area contributed by atoms with E-state index in [4.69, 9.17) is 51.1 Å². The zero-order valence-electron chi connectivity index (χ0n) is 14.6. The monoisotopic (exact) mass is 489 g/mol. The molecule has 0 aliphatic carbocycles. The van der Waals surface area contributed by atoms with Gasteiger partial charge in [0.15, 0.2) is 0 Å². The van der Waals surface area contributed by atoms with Gasteiger partial charge in [0, 0.05) is 16.5 Å². The summed E-state index contributed by atoms with van der Waals surface area (Å²) in [5, 5.41) is 14.2. The quantitative estimate of drug-likeness (QED) is 0.378. The summed E-state index contributed by atoms with van der Waals surface area (Å²) in [6.45, 7) is 0. The van der Waals surface area contributed by atoms with Gasteiger partial charge in [0.25, 0.3) is 5.91 Å². The van der Waals surface area contributed by atoms with Crippen molar-refractivity contribution in [1.82, 2.24) is 0 Å². The Balaban J connectivity index is 2.01. The van der Waals surface area contributed by atoms with Crippen LogP contribution in [0.1, 0.15) is 20.7 Å². The third-order valence-electron chi connectivity index (χ3n) is 3.93. The number of hydrogen-bond donors (Lipinski definition) is 2. The van der Waals surface area contributed by atoms with Crippen LogP contribution in [0.15, 0.2) is 35.7 Å². The Morgan fingerprint density at radius 2 is 1.69 bits per heavy atom. The molecular weight excluding hydrogens is 480 g/mol. The third kappa shape index (κ3) is 4.32. The van der Waals surface area contributed by atoms with Crippen molar-refractivity contribution in [2.24, 2.45) is 0 Å². The molecule has 2 N–H and O–H groups in total. The zero-order valence-corrected chi connectivity index (χ0v) is 18.4. The Bertz CT molecular complexity index is 1110. The molecule has 2 aromatic carbocycles. The number of rotatable bonds is 5. The summed E-state index contributed by atoms with van der Waals surface area (Å²) in [5.74, 6) is -1.69. The van der Waals surface area contributed by atoms with Gasteiger partial charge in [-0.15, -0.1) is 11.3 Å². The van der Waals surface area contributed by atoms with E-state index in [0.717, 1.165) is 0 Å². The van der Waals surface area contributed by atoms with E-state index in [1.54, 1.807) is 24.3 Å². The van der Waals surface area contributed by atoms with E-state index in [2.05, 4.69) is 5.32 Å². The normalized spacial score (nSPS) is 10.7. The van der Waals surface area contributed by atoms with Crippen LogP contribution < -0.4 is 10.1 Å². The Kier molecular flexibility index (Phi) is 6.61. The van der Waals surface area contributed by atoms with Crippen LogP contribution in [0.5, 0.6) is 5.75 Å². The number of ether oxygens (including phenoxy) is 1. The van der Waals surface area contributed by atoms with Crippen LogP contribution in [0.3, 0.4) is 0 Å². The number of anilines is 1. The molecule has 1 aromatic heterocycles. The van der Waals surface area contributed by atoms with Crippen LogP contribution in [0.4, 0.5) is 5.69 Å². The molecule has 0 saturated carbocycles. The zero-order chi connectivity index (χ0) is 21.3. The predicted octanol–water partition coefficient (Wildman–Crippen LogP) is 6.99. The lowest BCUT2D eigenvalue weighted by molar-refractivity contribution is 0.0699. The van der Waals surface area contributed by atoms with Gasteiger partial charge in [-0.3, -0.25) is 4.79 Å². The molecule has 0 fully saturated rings. The molecule has 0 unspecified atom stereocenters. The summed E-state index contributed by atoms with van der Waals surface area (Å²) in [7, 11) is 1.39. The minimum absolute atomic E-state index is 0.0128. The first-order chi connectivity index (χ1) is 13.7. The molecule has 29 heavy (non-hydrogen) atoms. The molecule has 1 amide bonds. The van der Waals surface area contributed by atoms with Gasteiger partial charge in [-0.25, -0.2) is 4.79 Å². The van der Waals surface area contributed by atoms with Gasteiger partial charge in [-0.2, -0.15) is 0 Å². The fourth-order valence-corrected chi connectivity index (χ4v) is 4.55. The van der Waals surface area contributed by atoms with Crippen molar-refractivity contribution in [3.05, 3.63) is 66.9 Å². The third-order valence-corrected chi connectivity index (χ3v) is 6.36. The van der Waals surface area contributed by atoms with Crippen molar-refractivity contribution in [2.75, 3.05) is 12.4 Å². The second-order valence-electron chi connectivity index (χ2n) is 5.68. The van der Waals surface area contributed by atoms with E-state index < -0.39 is 11.9 Å². The number of benzene rings is 2. The molecule has 3 rings (SSSR count). The molecule has 1 heterocycles. The van der Waals surface area contributed by atoms with E-state index in [0.29, 0.717) is 15.5 Å². The van der Waals surface area contributed by atoms with Crippen molar-refractivity contribution >= 4 is 75.3 Å². The molecule has 0 saturated heterocycles. The van der Waals surface area contributed by atoms with Gasteiger partial charge in [0.2, 0.25) is 0 Å². The van der Waals surface area contributed by atoms with Crippen molar-refractivity contribution in [1.29, 1.82) is 0 Å². The summed E-state index contributed by atoms with van der Waals surface area (Å²) in [5.41, 5.74) is 0.615. The number of carboxylic acid groups (broad SMARTS) is 1. The van der Waals surface area contributed by atoms with Crippen LogP contribution in [0, 0.1) is 0 Å². The summed E-state index contributed by atoms with van der Waals surface area (Å²) >= 11 is 25.5. The Morgan fingerprint density at radius 1 is 1.03 bits per heavy atom. The van der Waals surface area contributed by atoms with Crippen LogP contribution in [0.25, 0.3) is 10.4 Å². The number of hydrogen-bond acceptors (Lipinski definition) is 4. The number of carbonyl (C=O) groups is 2. The van der Waals surface area contributed by atoms with Crippen molar-refractivity contribution < 1.29 is 19.4 Å². The van der Waals surface area contributed by atoms with Crippen molar-refractivity contribution in [3.8, 4) is 16.2 Å². The number of methoxy groups -OCH3 is 1.